The molecular weight excluding hydrogens is 568 g/mol. The maximum absolute atomic E-state index is 14.9. The van der Waals surface area contributed by atoms with Crippen LogP contribution in [0, 0.1) is 23.5 Å². The molecule has 2 amide bonds. The molecule has 1 aromatic carbocycles. The van der Waals surface area contributed by atoms with Crippen molar-refractivity contribution in [3.05, 3.63) is 98.7 Å². The van der Waals surface area contributed by atoms with E-state index in [-0.39, 0.29) is 34.1 Å². The molecule has 4 N–H and O–H groups in total. The maximum Gasteiger partial charge on any atom is 0.407 e. The molecule has 228 valence electrons. The fourth-order valence-electron chi connectivity index (χ4n) is 5.22. The van der Waals surface area contributed by atoms with E-state index in [1.807, 2.05) is 6.07 Å². The summed E-state index contributed by atoms with van der Waals surface area (Å²) in [6, 6.07) is 8.15. The molecule has 0 bridgehead atoms. The lowest BCUT2D eigenvalue weighted by atomic mass is 9.88. The SMILES string of the molecule is Cn1cccc(C(CC#Cc2c(C(N)=O)cnc3[nH]c(C4(CNC(=O)OC(C)(C)C)CC4)cc23)c2cc(F)ccc2F)c1=O. The van der Waals surface area contributed by atoms with Gasteiger partial charge in [0.05, 0.1) is 5.56 Å². The summed E-state index contributed by atoms with van der Waals surface area (Å²) in [6.45, 7) is 5.71. The van der Waals surface area contributed by atoms with Crippen molar-refractivity contribution in [2.24, 2.45) is 12.8 Å². The van der Waals surface area contributed by atoms with Crippen molar-refractivity contribution in [3.63, 3.8) is 0 Å². The molecule has 0 spiro atoms. The number of aryl methyl sites for hydroxylation is 1. The first-order chi connectivity index (χ1) is 20.8. The van der Waals surface area contributed by atoms with E-state index in [1.165, 1.54) is 10.8 Å². The Balaban J connectivity index is 1.51. The highest BCUT2D eigenvalue weighted by Gasteiger charge is 2.46. The molecule has 0 saturated heterocycles. The van der Waals surface area contributed by atoms with Crippen molar-refractivity contribution in [1.82, 2.24) is 19.9 Å². The molecule has 0 radical (unpaired) electrons. The number of H-pyrrole nitrogens is 1. The number of aromatic nitrogens is 3. The van der Waals surface area contributed by atoms with Crippen molar-refractivity contribution >= 4 is 23.0 Å². The highest BCUT2D eigenvalue weighted by molar-refractivity contribution is 6.01. The number of amides is 2. The molecule has 1 fully saturated rings. The van der Waals surface area contributed by atoms with Gasteiger partial charge >= 0.3 is 6.09 Å². The second-order valence-corrected chi connectivity index (χ2v) is 12.1. The minimum absolute atomic E-state index is 0.00491. The number of pyridine rings is 2. The van der Waals surface area contributed by atoms with Crippen molar-refractivity contribution < 1.29 is 23.1 Å². The monoisotopic (exact) mass is 601 g/mol. The van der Waals surface area contributed by atoms with E-state index in [2.05, 4.69) is 27.1 Å². The van der Waals surface area contributed by atoms with Crippen molar-refractivity contribution in [2.45, 2.75) is 57.0 Å². The van der Waals surface area contributed by atoms with Gasteiger partial charge in [-0.1, -0.05) is 17.9 Å². The van der Waals surface area contributed by atoms with Gasteiger partial charge in [0, 0.05) is 65.9 Å². The summed E-state index contributed by atoms with van der Waals surface area (Å²) < 4.78 is 35.9. The van der Waals surface area contributed by atoms with Crippen LogP contribution >= 0.6 is 0 Å². The Bertz CT molecular complexity index is 1890. The predicted molar refractivity (Wildman–Crippen MR) is 161 cm³/mol. The van der Waals surface area contributed by atoms with Crippen LogP contribution in [0.1, 0.15) is 78.7 Å². The van der Waals surface area contributed by atoms with Gasteiger partial charge in [-0.2, -0.15) is 0 Å². The van der Waals surface area contributed by atoms with Crippen LogP contribution < -0.4 is 16.6 Å². The fraction of sp³-hybridized carbons (Fsp3) is 0.333. The predicted octanol–water partition coefficient (Wildman–Crippen LogP) is 4.77. The fourth-order valence-corrected chi connectivity index (χ4v) is 5.22. The van der Waals surface area contributed by atoms with Gasteiger partial charge in [-0.25, -0.2) is 18.6 Å². The Morgan fingerprint density at radius 1 is 1.20 bits per heavy atom. The zero-order chi connectivity index (χ0) is 31.8. The van der Waals surface area contributed by atoms with Gasteiger partial charge < -0.3 is 25.3 Å². The number of nitrogens with one attached hydrogen (secondary N) is 2. The average molecular weight is 602 g/mol. The number of ether oxygens (including phenoxy) is 1. The molecule has 1 aliphatic rings. The van der Waals surface area contributed by atoms with Gasteiger partial charge in [0.1, 0.15) is 22.9 Å². The molecule has 3 heterocycles. The number of hydrogen-bond donors (Lipinski definition) is 3. The molecular formula is C33H33F2N5O4. The Morgan fingerprint density at radius 3 is 2.64 bits per heavy atom. The first-order valence-electron chi connectivity index (χ1n) is 14.2. The van der Waals surface area contributed by atoms with Crippen molar-refractivity contribution in [3.8, 4) is 11.8 Å². The minimum atomic E-state index is -0.886. The van der Waals surface area contributed by atoms with E-state index >= 15 is 0 Å². The first-order valence-corrected chi connectivity index (χ1v) is 14.2. The number of hydrogen-bond acceptors (Lipinski definition) is 5. The van der Waals surface area contributed by atoms with E-state index in [0.717, 1.165) is 36.7 Å². The molecule has 1 saturated carbocycles. The van der Waals surface area contributed by atoms with Crippen LogP contribution in [-0.4, -0.2) is 38.7 Å². The second kappa shape index (κ2) is 11.6. The third-order valence-corrected chi connectivity index (χ3v) is 7.70. The molecule has 1 atom stereocenters. The van der Waals surface area contributed by atoms with Crippen LogP contribution in [0.2, 0.25) is 0 Å². The lowest BCUT2D eigenvalue weighted by Crippen LogP contribution is -2.37. The summed E-state index contributed by atoms with van der Waals surface area (Å²) in [6.07, 6.45) is 3.96. The quantitative estimate of drug-likeness (QED) is 0.263. The molecule has 1 unspecified atom stereocenters. The third kappa shape index (κ3) is 6.34. The number of primary amides is 1. The summed E-state index contributed by atoms with van der Waals surface area (Å²) in [5, 5.41) is 3.39. The number of aromatic amines is 1. The standard InChI is InChI=1S/C33H33F2N5O4/c1-32(2,3)44-31(43)38-18-33(12-13-33)27-16-24-21(25(28(36)41)17-37-29(24)39-27)8-5-7-20(22-9-6-14-40(4)30(22)42)23-15-19(34)10-11-26(23)35/h6,9-11,14-17,20H,7,12-13,18H2,1-4H3,(H2,36,41)(H,37,39)(H,38,43). The van der Waals surface area contributed by atoms with E-state index in [4.69, 9.17) is 10.5 Å². The van der Waals surface area contributed by atoms with E-state index in [9.17, 15) is 23.2 Å². The highest BCUT2D eigenvalue weighted by Crippen LogP contribution is 2.48. The topological polar surface area (TPSA) is 132 Å². The maximum atomic E-state index is 14.9. The number of benzene rings is 1. The van der Waals surface area contributed by atoms with Crippen LogP contribution in [0.4, 0.5) is 13.6 Å². The number of carbonyl (C=O) groups is 2. The van der Waals surface area contributed by atoms with Crippen molar-refractivity contribution in [2.75, 3.05) is 6.54 Å². The number of rotatable bonds is 7. The first kappa shape index (κ1) is 30.5. The largest absolute Gasteiger partial charge is 0.444 e. The van der Waals surface area contributed by atoms with Crippen LogP contribution in [0.3, 0.4) is 0 Å². The number of nitrogens with zero attached hydrogens (tertiary/aromatic N) is 2. The smallest absolute Gasteiger partial charge is 0.407 e. The van der Waals surface area contributed by atoms with Crippen molar-refractivity contribution in [1.29, 1.82) is 0 Å². The Labute approximate surface area is 252 Å². The molecule has 1 aliphatic carbocycles. The molecule has 44 heavy (non-hydrogen) atoms. The van der Waals surface area contributed by atoms with Gasteiger partial charge in [0.2, 0.25) is 0 Å². The summed E-state index contributed by atoms with van der Waals surface area (Å²) in [4.78, 5) is 45.3. The second-order valence-electron chi connectivity index (χ2n) is 12.1. The zero-order valence-corrected chi connectivity index (χ0v) is 24.9. The number of fused-ring (bicyclic) bond motifs is 1. The van der Waals surface area contributed by atoms with Gasteiger partial charge in [-0.15, -0.1) is 0 Å². The van der Waals surface area contributed by atoms with E-state index in [0.29, 0.717) is 23.1 Å². The number of halogens is 2. The average Bonchev–Trinajstić information content (AvgIpc) is 3.61. The molecule has 5 rings (SSSR count). The normalized spacial score (nSPS) is 14.4. The lowest BCUT2D eigenvalue weighted by molar-refractivity contribution is 0.0522. The molecule has 0 aliphatic heterocycles. The summed E-state index contributed by atoms with van der Waals surface area (Å²) in [5.41, 5.74) is 6.27. The molecule has 3 aromatic heterocycles. The summed E-state index contributed by atoms with van der Waals surface area (Å²) in [5.74, 6) is 3.07. The van der Waals surface area contributed by atoms with Crippen LogP contribution in [0.25, 0.3) is 11.0 Å². The Morgan fingerprint density at radius 2 is 1.95 bits per heavy atom. The van der Waals surface area contributed by atoms with Crippen LogP contribution in [0.15, 0.2) is 53.6 Å². The molecule has 9 nitrogen and oxygen atoms in total. The number of alkyl carbamates (subject to hydrolysis) is 1. The van der Waals surface area contributed by atoms with Crippen LogP contribution in [-0.2, 0) is 17.2 Å². The van der Waals surface area contributed by atoms with Gasteiger partial charge in [-0.3, -0.25) is 9.59 Å². The number of nitrogens with two attached hydrogens (primary N) is 1. The lowest BCUT2D eigenvalue weighted by Gasteiger charge is -2.21. The van der Waals surface area contributed by atoms with Gasteiger partial charge in [0.15, 0.2) is 0 Å². The van der Waals surface area contributed by atoms with E-state index in [1.54, 1.807) is 46.1 Å². The minimum Gasteiger partial charge on any atom is -0.444 e. The zero-order valence-electron chi connectivity index (χ0n) is 24.9. The van der Waals surface area contributed by atoms with E-state index < -0.39 is 35.2 Å². The van der Waals surface area contributed by atoms with Gasteiger partial charge in [-0.05, 0) is 69.5 Å². The summed E-state index contributed by atoms with van der Waals surface area (Å²) in [7, 11) is 1.57. The Kier molecular flexibility index (Phi) is 8.04. The van der Waals surface area contributed by atoms with Crippen LogP contribution in [0.5, 0.6) is 0 Å². The highest BCUT2D eigenvalue weighted by atomic mass is 19.1. The Hall–Kier alpha value is -4.98. The third-order valence-electron chi connectivity index (χ3n) is 7.70. The molecule has 11 heteroatoms. The number of carbonyl (C=O) groups excluding carboxylic acids is 2. The van der Waals surface area contributed by atoms with Gasteiger partial charge in [0.25, 0.3) is 11.5 Å². The summed E-state index contributed by atoms with van der Waals surface area (Å²) >= 11 is 0. The molecule has 4 aromatic rings.